The van der Waals surface area contributed by atoms with Gasteiger partial charge in [-0.1, -0.05) is 5.16 Å². The second kappa shape index (κ2) is 7.39. The van der Waals surface area contributed by atoms with Crippen LogP contribution in [0.4, 0.5) is 10.1 Å². The summed E-state index contributed by atoms with van der Waals surface area (Å²) in [5.74, 6) is 0.0158. The van der Waals surface area contributed by atoms with Gasteiger partial charge >= 0.3 is 0 Å². The largest absolute Gasteiger partial charge is 0.339 e. The lowest BCUT2D eigenvalue weighted by Crippen LogP contribution is -2.13. The van der Waals surface area contributed by atoms with E-state index in [9.17, 15) is 14.0 Å². The molecule has 4 aromatic rings. The Morgan fingerprint density at radius 1 is 1.18 bits per heavy atom. The van der Waals surface area contributed by atoms with E-state index in [1.165, 1.54) is 18.5 Å². The van der Waals surface area contributed by atoms with Crippen LogP contribution in [-0.4, -0.2) is 26.0 Å². The summed E-state index contributed by atoms with van der Waals surface area (Å²) in [5, 5.41) is 6.95. The third-order valence-electron chi connectivity index (χ3n) is 4.06. The molecule has 140 valence electrons. The van der Waals surface area contributed by atoms with E-state index in [4.69, 9.17) is 4.52 Å². The number of aromatic amines is 1. The molecule has 0 aliphatic rings. The molecular formula is C19H14FN5O3. The number of amides is 1. The lowest BCUT2D eigenvalue weighted by Gasteiger charge is -2.05. The maximum absolute atomic E-state index is 13.0. The van der Waals surface area contributed by atoms with E-state index in [0.717, 1.165) is 0 Å². The van der Waals surface area contributed by atoms with Gasteiger partial charge in [0.25, 0.3) is 5.56 Å². The molecule has 2 N–H and O–H groups in total. The molecule has 28 heavy (non-hydrogen) atoms. The monoisotopic (exact) mass is 379 g/mol. The van der Waals surface area contributed by atoms with E-state index in [2.05, 4.69) is 25.4 Å². The molecule has 9 heteroatoms. The van der Waals surface area contributed by atoms with Crippen LogP contribution in [-0.2, 0) is 11.2 Å². The average molecular weight is 379 g/mol. The van der Waals surface area contributed by atoms with Gasteiger partial charge in [0.2, 0.25) is 17.6 Å². The minimum absolute atomic E-state index is 0.118. The number of halogens is 1. The maximum atomic E-state index is 13.0. The third kappa shape index (κ3) is 3.78. The first-order valence-corrected chi connectivity index (χ1v) is 8.44. The highest BCUT2D eigenvalue weighted by molar-refractivity contribution is 5.93. The van der Waals surface area contributed by atoms with E-state index >= 15 is 0 Å². The number of anilines is 1. The van der Waals surface area contributed by atoms with Crippen molar-refractivity contribution in [3.05, 3.63) is 70.9 Å². The van der Waals surface area contributed by atoms with Gasteiger partial charge in [0.15, 0.2) is 0 Å². The third-order valence-corrected chi connectivity index (χ3v) is 4.06. The lowest BCUT2D eigenvalue weighted by atomic mass is 10.2. The summed E-state index contributed by atoms with van der Waals surface area (Å²) in [7, 11) is 0. The summed E-state index contributed by atoms with van der Waals surface area (Å²) in [4.78, 5) is 34.7. The van der Waals surface area contributed by atoms with Gasteiger partial charge in [-0.2, -0.15) is 4.98 Å². The number of benzene rings is 2. The Labute approximate surface area is 157 Å². The van der Waals surface area contributed by atoms with Gasteiger partial charge in [0.05, 0.1) is 17.2 Å². The molecule has 0 aliphatic carbocycles. The highest BCUT2D eigenvalue weighted by atomic mass is 19.1. The molecule has 0 atom stereocenters. The summed E-state index contributed by atoms with van der Waals surface area (Å²) in [6.07, 6.45) is 1.69. The lowest BCUT2D eigenvalue weighted by molar-refractivity contribution is -0.116. The van der Waals surface area contributed by atoms with Crippen LogP contribution in [0.2, 0.25) is 0 Å². The Bertz CT molecular complexity index is 1200. The van der Waals surface area contributed by atoms with Gasteiger partial charge in [0, 0.05) is 24.1 Å². The molecule has 0 fully saturated rings. The summed E-state index contributed by atoms with van der Waals surface area (Å²) in [6, 6.07) is 10.6. The van der Waals surface area contributed by atoms with Crippen LogP contribution in [0.1, 0.15) is 12.3 Å². The van der Waals surface area contributed by atoms with Crippen LogP contribution in [0.15, 0.2) is 58.1 Å². The number of carbonyl (C=O) groups excluding carboxylic acids is 1. The van der Waals surface area contributed by atoms with E-state index in [1.807, 2.05) is 0 Å². The first kappa shape index (κ1) is 17.5. The van der Waals surface area contributed by atoms with Crippen molar-refractivity contribution >= 4 is 22.5 Å². The molecule has 4 rings (SSSR count). The number of aryl methyl sites for hydroxylation is 1. The second-order valence-corrected chi connectivity index (χ2v) is 6.03. The van der Waals surface area contributed by atoms with Gasteiger partial charge in [-0.05, 0) is 42.5 Å². The average Bonchev–Trinajstić information content (AvgIpc) is 3.17. The maximum Gasteiger partial charge on any atom is 0.258 e. The molecule has 2 aromatic carbocycles. The van der Waals surface area contributed by atoms with Crippen LogP contribution in [0, 0.1) is 5.82 Å². The van der Waals surface area contributed by atoms with Gasteiger partial charge in [-0.25, -0.2) is 9.37 Å². The van der Waals surface area contributed by atoms with E-state index in [-0.39, 0.29) is 30.1 Å². The molecule has 0 radical (unpaired) electrons. The molecule has 8 nitrogen and oxygen atoms in total. The number of aromatic nitrogens is 4. The molecule has 0 saturated heterocycles. The molecule has 0 spiro atoms. The Morgan fingerprint density at radius 3 is 2.82 bits per heavy atom. The number of nitrogens with one attached hydrogen (secondary N) is 2. The Hall–Kier alpha value is -3.88. The molecule has 0 aliphatic heterocycles. The van der Waals surface area contributed by atoms with Crippen LogP contribution in [0.3, 0.4) is 0 Å². The molecule has 1 amide bonds. The van der Waals surface area contributed by atoms with Crippen molar-refractivity contribution in [2.75, 3.05) is 5.32 Å². The Kier molecular flexibility index (Phi) is 4.63. The summed E-state index contributed by atoms with van der Waals surface area (Å²) >= 11 is 0. The van der Waals surface area contributed by atoms with Crippen LogP contribution in [0.25, 0.3) is 22.3 Å². The van der Waals surface area contributed by atoms with Crippen LogP contribution in [0.5, 0.6) is 0 Å². The minimum atomic E-state index is -0.351. The fraction of sp³-hybridized carbons (Fsp3) is 0.105. The minimum Gasteiger partial charge on any atom is -0.339 e. The summed E-state index contributed by atoms with van der Waals surface area (Å²) in [5.41, 5.74) is 1.38. The fourth-order valence-corrected chi connectivity index (χ4v) is 2.66. The molecule has 2 aromatic heterocycles. The van der Waals surface area contributed by atoms with Gasteiger partial charge in [-0.15, -0.1) is 0 Å². The van der Waals surface area contributed by atoms with Crippen molar-refractivity contribution in [3.63, 3.8) is 0 Å². The van der Waals surface area contributed by atoms with Crippen molar-refractivity contribution in [2.24, 2.45) is 0 Å². The molecule has 0 saturated carbocycles. The van der Waals surface area contributed by atoms with Crippen molar-refractivity contribution in [2.45, 2.75) is 12.8 Å². The van der Waals surface area contributed by atoms with E-state index in [0.29, 0.717) is 33.9 Å². The highest BCUT2D eigenvalue weighted by Crippen LogP contribution is 2.17. The second-order valence-electron chi connectivity index (χ2n) is 6.03. The normalized spacial score (nSPS) is 10.9. The number of nitrogens with zero attached hydrogens (tertiary/aromatic N) is 3. The van der Waals surface area contributed by atoms with Crippen molar-refractivity contribution in [3.8, 4) is 11.4 Å². The number of hydrogen-bond acceptors (Lipinski definition) is 6. The van der Waals surface area contributed by atoms with Crippen LogP contribution >= 0.6 is 0 Å². The van der Waals surface area contributed by atoms with Gasteiger partial charge in [0.1, 0.15) is 5.82 Å². The number of rotatable bonds is 5. The predicted molar refractivity (Wildman–Crippen MR) is 99.0 cm³/mol. The fourth-order valence-electron chi connectivity index (χ4n) is 2.66. The zero-order valence-electron chi connectivity index (χ0n) is 14.5. The molecule has 0 bridgehead atoms. The van der Waals surface area contributed by atoms with Gasteiger partial charge in [-0.3, -0.25) is 9.59 Å². The van der Waals surface area contributed by atoms with Crippen LogP contribution < -0.4 is 10.9 Å². The first-order valence-electron chi connectivity index (χ1n) is 8.44. The topological polar surface area (TPSA) is 114 Å². The Balaban J connectivity index is 1.39. The van der Waals surface area contributed by atoms with Crippen molar-refractivity contribution in [1.82, 2.24) is 20.1 Å². The smallest absolute Gasteiger partial charge is 0.258 e. The summed E-state index contributed by atoms with van der Waals surface area (Å²) in [6.45, 7) is 0. The number of H-pyrrole nitrogens is 1. The number of fused-ring (bicyclic) bond motifs is 1. The molecular weight excluding hydrogens is 365 g/mol. The predicted octanol–water partition coefficient (Wildman–Crippen LogP) is 2.68. The van der Waals surface area contributed by atoms with E-state index in [1.54, 1.807) is 30.3 Å². The van der Waals surface area contributed by atoms with Crippen molar-refractivity contribution < 1.29 is 13.7 Å². The molecule has 0 unspecified atom stereocenters. The SMILES string of the molecule is O=C(CCc1nc(-c2ccc(F)cc2)no1)Nc1ccc2nc[nH]c(=O)c2c1. The summed E-state index contributed by atoms with van der Waals surface area (Å²) < 4.78 is 18.1. The van der Waals surface area contributed by atoms with Crippen molar-refractivity contribution in [1.29, 1.82) is 0 Å². The number of hydrogen-bond donors (Lipinski definition) is 2. The quantitative estimate of drug-likeness (QED) is 0.551. The zero-order valence-corrected chi connectivity index (χ0v) is 14.5. The van der Waals surface area contributed by atoms with E-state index < -0.39 is 0 Å². The standard InChI is InChI=1S/C19H14FN5O3/c20-12-3-1-11(2-4-12)18-24-17(28-25-18)8-7-16(26)23-13-5-6-15-14(9-13)19(27)22-10-21-15/h1-6,9-10H,7-8H2,(H,23,26)(H,21,22,27). The first-order chi connectivity index (χ1) is 13.6. The molecule has 2 heterocycles. The van der Waals surface area contributed by atoms with Gasteiger partial charge < -0.3 is 14.8 Å². The zero-order chi connectivity index (χ0) is 19.5. The Morgan fingerprint density at radius 2 is 2.00 bits per heavy atom. The number of carbonyl (C=O) groups is 1. The highest BCUT2D eigenvalue weighted by Gasteiger charge is 2.11.